The molecule has 0 bridgehead atoms. The van der Waals surface area contributed by atoms with Crippen molar-refractivity contribution in [1.82, 2.24) is 14.8 Å². The average molecular weight is 314 g/mol. The molecule has 0 unspecified atom stereocenters. The normalized spacial score (nSPS) is 15.1. The molecule has 1 aromatic carbocycles. The van der Waals surface area contributed by atoms with Gasteiger partial charge in [-0.3, -0.25) is 0 Å². The minimum absolute atomic E-state index is 0.0934. The Morgan fingerprint density at radius 2 is 1.89 bits per heavy atom. The van der Waals surface area contributed by atoms with E-state index in [1.165, 1.54) is 18.2 Å². The van der Waals surface area contributed by atoms with Crippen molar-refractivity contribution in [2.24, 2.45) is 0 Å². The van der Waals surface area contributed by atoms with Crippen molar-refractivity contribution in [2.75, 3.05) is 0 Å². The third-order valence-corrected chi connectivity index (χ3v) is 3.49. The molecule has 1 fully saturated rings. The highest BCUT2D eigenvalue weighted by atomic mass is 79.9. The standard InChI is InChI=1S/C12H10BrF2N3/c13-6-10-16-17-12(18(10)7-4-5-7)11-8(14)2-1-3-9(11)15/h1-3,7H,4-6H2. The van der Waals surface area contributed by atoms with Crippen molar-refractivity contribution in [3.05, 3.63) is 35.7 Å². The molecule has 0 spiro atoms. The van der Waals surface area contributed by atoms with Crippen molar-refractivity contribution >= 4 is 15.9 Å². The summed E-state index contributed by atoms with van der Waals surface area (Å²) in [6.45, 7) is 0. The van der Waals surface area contributed by atoms with E-state index in [0.717, 1.165) is 12.8 Å². The summed E-state index contributed by atoms with van der Waals surface area (Å²) < 4.78 is 29.4. The molecule has 1 aliphatic rings. The van der Waals surface area contributed by atoms with Gasteiger partial charge in [-0.15, -0.1) is 10.2 Å². The molecule has 1 aliphatic carbocycles. The van der Waals surface area contributed by atoms with Gasteiger partial charge in [-0.05, 0) is 25.0 Å². The first kappa shape index (κ1) is 11.8. The zero-order valence-electron chi connectivity index (χ0n) is 9.41. The number of halogens is 3. The molecule has 2 aromatic rings. The van der Waals surface area contributed by atoms with Gasteiger partial charge in [0, 0.05) is 6.04 Å². The zero-order valence-corrected chi connectivity index (χ0v) is 11.0. The van der Waals surface area contributed by atoms with E-state index in [9.17, 15) is 8.78 Å². The fraction of sp³-hybridized carbons (Fsp3) is 0.333. The molecule has 0 saturated heterocycles. The van der Waals surface area contributed by atoms with Crippen LogP contribution in [-0.2, 0) is 5.33 Å². The molecule has 3 nitrogen and oxygen atoms in total. The van der Waals surface area contributed by atoms with E-state index in [-0.39, 0.29) is 17.4 Å². The number of hydrogen-bond donors (Lipinski definition) is 0. The molecule has 0 N–H and O–H groups in total. The lowest BCUT2D eigenvalue weighted by molar-refractivity contribution is 0.583. The molecular formula is C12H10BrF2N3. The summed E-state index contributed by atoms with van der Waals surface area (Å²) in [5.41, 5.74) is -0.0934. The molecule has 0 atom stereocenters. The van der Waals surface area contributed by atoms with Crippen LogP contribution < -0.4 is 0 Å². The molecule has 1 saturated carbocycles. The van der Waals surface area contributed by atoms with E-state index in [2.05, 4.69) is 26.1 Å². The van der Waals surface area contributed by atoms with Crippen LogP contribution >= 0.6 is 15.9 Å². The maximum atomic E-state index is 13.8. The third-order valence-electron chi connectivity index (χ3n) is 2.98. The lowest BCUT2D eigenvalue weighted by atomic mass is 10.2. The molecule has 18 heavy (non-hydrogen) atoms. The molecule has 0 amide bonds. The summed E-state index contributed by atoms with van der Waals surface area (Å²) in [5.74, 6) is -0.228. The number of alkyl halides is 1. The lowest BCUT2D eigenvalue weighted by Crippen LogP contribution is -2.04. The smallest absolute Gasteiger partial charge is 0.170 e. The van der Waals surface area contributed by atoms with Crippen LogP contribution in [0.25, 0.3) is 11.4 Å². The Bertz CT molecular complexity index is 573. The first-order valence-corrected chi connectivity index (χ1v) is 6.78. The summed E-state index contributed by atoms with van der Waals surface area (Å²) in [6.07, 6.45) is 2.00. The van der Waals surface area contributed by atoms with E-state index >= 15 is 0 Å². The Balaban J connectivity index is 2.20. The van der Waals surface area contributed by atoms with E-state index in [1.807, 2.05) is 4.57 Å². The van der Waals surface area contributed by atoms with Crippen LogP contribution in [0.5, 0.6) is 0 Å². The van der Waals surface area contributed by atoms with Crippen LogP contribution in [0.4, 0.5) is 8.78 Å². The Morgan fingerprint density at radius 3 is 2.44 bits per heavy atom. The quantitative estimate of drug-likeness (QED) is 0.813. The third kappa shape index (κ3) is 1.84. The molecule has 3 rings (SSSR count). The van der Waals surface area contributed by atoms with E-state index in [1.54, 1.807) is 0 Å². The maximum absolute atomic E-state index is 13.8. The Kier molecular flexibility index (Phi) is 2.89. The summed E-state index contributed by atoms with van der Waals surface area (Å²) in [4.78, 5) is 0. The van der Waals surface area contributed by atoms with Crippen molar-refractivity contribution in [2.45, 2.75) is 24.2 Å². The van der Waals surface area contributed by atoms with Gasteiger partial charge in [0.15, 0.2) is 5.82 Å². The SMILES string of the molecule is Fc1cccc(F)c1-c1nnc(CBr)n1C1CC1. The average Bonchev–Trinajstić information content (AvgIpc) is 3.10. The molecule has 1 heterocycles. The predicted octanol–water partition coefficient (Wildman–Crippen LogP) is 3.45. The van der Waals surface area contributed by atoms with Crippen LogP contribution in [-0.4, -0.2) is 14.8 Å². The Morgan fingerprint density at radius 1 is 1.22 bits per heavy atom. The summed E-state index contributed by atoms with van der Waals surface area (Å²) >= 11 is 3.32. The zero-order chi connectivity index (χ0) is 12.7. The van der Waals surface area contributed by atoms with Crippen LogP contribution in [0.2, 0.25) is 0 Å². The van der Waals surface area contributed by atoms with Crippen LogP contribution in [0.1, 0.15) is 24.7 Å². The number of aromatic nitrogens is 3. The second-order valence-electron chi connectivity index (χ2n) is 4.27. The fourth-order valence-corrected chi connectivity index (χ4v) is 2.40. The van der Waals surface area contributed by atoms with Crippen molar-refractivity contribution in [1.29, 1.82) is 0 Å². The number of rotatable bonds is 3. The molecular weight excluding hydrogens is 304 g/mol. The monoisotopic (exact) mass is 313 g/mol. The topological polar surface area (TPSA) is 30.7 Å². The molecule has 6 heteroatoms. The van der Waals surface area contributed by atoms with Crippen molar-refractivity contribution in [3.63, 3.8) is 0 Å². The van der Waals surface area contributed by atoms with Crippen LogP contribution in [0.15, 0.2) is 18.2 Å². The van der Waals surface area contributed by atoms with Crippen LogP contribution in [0, 0.1) is 11.6 Å². The fourth-order valence-electron chi connectivity index (χ4n) is 2.01. The predicted molar refractivity (Wildman–Crippen MR) is 66.3 cm³/mol. The van der Waals surface area contributed by atoms with E-state index in [0.29, 0.717) is 11.2 Å². The van der Waals surface area contributed by atoms with Crippen molar-refractivity contribution in [3.8, 4) is 11.4 Å². The summed E-state index contributed by atoms with van der Waals surface area (Å²) in [5, 5.41) is 8.45. The van der Waals surface area contributed by atoms with Gasteiger partial charge in [-0.1, -0.05) is 22.0 Å². The Hall–Kier alpha value is -1.30. The van der Waals surface area contributed by atoms with Gasteiger partial charge in [-0.25, -0.2) is 8.78 Å². The summed E-state index contributed by atoms with van der Waals surface area (Å²) in [7, 11) is 0. The van der Waals surface area contributed by atoms with E-state index < -0.39 is 11.6 Å². The van der Waals surface area contributed by atoms with Gasteiger partial charge in [0.05, 0.1) is 10.9 Å². The van der Waals surface area contributed by atoms with Crippen molar-refractivity contribution < 1.29 is 8.78 Å². The first-order chi connectivity index (χ1) is 8.72. The highest BCUT2D eigenvalue weighted by Gasteiger charge is 2.31. The highest BCUT2D eigenvalue weighted by Crippen LogP contribution is 2.40. The van der Waals surface area contributed by atoms with Gasteiger partial charge >= 0.3 is 0 Å². The summed E-state index contributed by atoms with van der Waals surface area (Å²) in [6, 6.07) is 4.08. The second kappa shape index (κ2) is 4.42. The van der Waals surface area contributed by atoms with Gasteiger partial charge in [0.1, 0.15) is 17.5 Å². The highest BCUT2D eigenvalue weighted by molar-refractivity contribution is 9.08. The minimum atomic E-state index is -0.606. The number of nitrogens with zero attached hydrogens (tertiary/aromatic N) is 3. The first-order valence-electron chi connectivity index (χ1n) is 5.66. The molecule has 0 radical (unpaired) electrons. The number of hydrogen-bond acceptors (Lipinski definition) is 2. The molecule has 0 aliphatic heterocycles. The van der Waals surface area contributed by atoms with Crippen LogP contribution in [0.3, 0.4) is 0 Å². The lowest BCUT2D eigenvalue weighted by Gasteiger charge is -2.09. The van der Waals surface area contributed by atoms with Gasteiger partial charge < -0.3 is 4.57 Å². The largest absolute Gasteiger partial charge is 0.307 e. The van der Waals surface area contributed by atoms with Gasteiger partial charge in [0.25, 0.3) is 0 Å². The maximum Gasteiger partial charge on any atom is 0.170 e. The molecule has 1 aromatic heterocycles. The van der Waals surface area contributed by atoms with E-state index in [4.69, 9.17) is 0 Å². The minimum Gasteiger partial charge on any atom is -0.307 e. The molecule has 94 valence electrons. The van der Waals surface area contributed by atoms with Gasteiger partial charge in [0.2, 0.25) is 0 Å². The Labute approximate surface area is 111 Å². The number of benzene rings is 1. The van der Waals surface area contributed by atoms with Gasteiger partial charge in [-0.2, -0.15) is 0 Å². The second-order valence-corrected chi connectivity index (χ2v) is 4.83.